The van der Waals surface area contributed by atoms with Crippen LogP contribution in [0.4, 0.5) is 0 Å². The summed E-state index contributed by atoms with van der Waals surface area (Å²) in [5.74, 6) is -0.112. The molecule has 0 radical (unpaired) electrons. The zero-order chi connectivity index (χ0) is 11.2. The van der Waals surface area contributed by atoms with Crippen molar-refractivity contribution in [2.75, 3.05) is 0 Å². The van der Waals surface area contributed by atoms with Crippen molar-refractivity contribution in [1.82, 2.24) is 14.6 Å². The molecule has 2 N–H and O–H groups in total. The first kappa shape index (κ1) is 9.76. The maximum Gasteiger partial charge on any atom is 0.258 e. The number of rotatable bonds is 1. The summed E-state index contributed by atoms with van der Waals surface area (Å²) in [6, 6.07) is 1.71. The Morgan fingerprint density at radius 3 is 2.80 bits per heavy atom. The summed E-state index contributed by atoms with van der Waals surface area (Å²) in [6.07, 6.45) is 0. The average Bonchev–Trinajstić information content (AvgIpc) is 2.45. The van der Waals surface area contributed by atoms with E-state index in [9.17, 15) is 9.90 Å². The van der Waals surface area contributed by atoms with E-state index in [0.717, 1.165) is 5.69 Å². The van der Waals surface area contributed by atoms with Crippen LogP contribution in [0, 0.1) is 6.92 Å². The number of hydrogen-bond donors (Lipinski definition) is 2. The average molecular weight is 207 g/mol. The van der Waals surface area contributed by atoms with E-state index < -0.39 is 0 Å². The smallest absolute Gasteiger partial charge is 0.258 e. The van der Waals surface area contributed by atoms with Crippen molar-refractivity contribution in [3.63, 3.8) is 0 Å². The SMILES string of the molecule is Cc1cc2[nH]c(=O)c(C(C)C)c(O)n2n1. The number of aryl methyl sites for hydroxylation is 1. The van der Waals surface area contributed by atoms with Crippen molar-refractivity contribution in [1.29, 1.82) is 0 Å². The molecule has 0 saturated carbocycles. The number of nitrogens with one attached hydrogen (secondary N) is 1. The van der Waals surface area contributed by atoms with E-state index in [-0.39, 0.29) is 17.4 Å². The van der Waals surface area contributed by atoms with Crippen LogP contribution < -0.4 is 5.56 Å². The van der Waals surface area contributed by atoms with Crippen molar-refractivity contribution in [2.45, 2.75) is 26.7 Å². The Balaban J connectivity index is 2.89. The third-order valence-corrected chi connectivity index (χ3v) is 2.34. The minimum absolute atomic E-state index is 0.0392. The molecule has 0 fully saturated rings. The highest BCUT2D eigenvalue weighted by atomic mass is 16.3. The van der Waals surface area contributed by atoms with Crippen LogP contribution in [-0.4, -0.2) is 19.7 Å². The molecular weight excluding hydrogens is 194 g/mol. The fraction of sp³-hybridized carbons (Fsp3) is 0.400. The van der Waals surface area contributed by atoms with Gasteiger partial charge in [-0.3, -0.25) is 4.79 Å². The summed E-state index contributed by atoms with van der Waals surface area (Å²) in [6.45, 7) is 5.51. The van der Waals surface area contributed by atoms with Crippen molar-refractivity contribution >= 4 is 5.65 Å². The Bertz CT molecular complexity index is 566. The molecule has 0 bridgehead atoms. The normalized spacial score (nSPS) is 11.5. The maximum atomic E-state index is 11.6. The Morgan fingerprint density at radius 2 is 2.20 bits per heavy atom. The number of aromatic hydroxyl groups is 1. The van der Waals surface area contributed by atoms with Gasteiger partial charge in [-0.15, -0.1) is 0 Å². The number of fused-ring (bicyclic) bond motifs is 1. The van der Waals surface area contributed by atoms with Gasteiger partial charge in [-0.1, -0.05) is 13.8 Å². The third kappa shape index (κ3) is 1.40. The Hall–Kier alpha value is -1.78. The molecule has 0 saturated heterocycles. The Kier molecular flexibility index (Phi) is 2.03. The van der Waals surface area contributed by atoms with Gasteiger partial charge in [-0.2, -0.15) is 9.61 Å². The third-order valence-electron chi connectivity index (χ3n) is 2.34. The summed E-state index contributed by atoms with van der Waals surface area (Å²) in [5, 5.41) is 14.0. The first-order valence-corrected chi connectivity index (χ1v) is 4.82. The van der Waals surface area contributed by atoms with Crippen LogP contribution in [0.5, 0.6) is 5.88 Å². The highest BCUT2D eigenvalue weighted by molar-refractivity contribution is 5.44. The van der Waals surface area contributed by atoms with E-state index in [1.807, 2.05) is 13.8 Å². The molecule has 5 heteroatoms. The standard InChI is InChI=1S/C10H13N3O2/c1-5(2)8-9(14)11-7-4-6(3)12-13(7)10(8)15/h4-5,15H,1-3H3,(H,11,14). The highest BCUT2D eigenvalue weighted by Crippen LogP contribution is 2.21. The molecule has 0 aliphatic carbocycles. The fourth-order valence-corrected chi connectivity index (χ4v) is 1.67. The lowest BCUT2D eigenvalue weighted by Crippen LogP contribution is -2.16. The number of hydrogen-bond acceptors (Lipinski definition) is 3. The molecule has 2 aromatic rings. The van der Waals surface area contributed by atoms with Crippen LogP contribution in [-0.2, 0) is 0 Å². The van der Waals surface area contributed by atoms with Gasteiger partial charge in [-0.25, -0.2) is 0 Å². The monoisotopic (exact) mass is 207 g/mol. The van der Waals surface area contributed by atoms with Gasteiger partial charge in [0.1, 0.15) is 5.65 Å². The van der Waals surface area contributed by atoms with Gasteiger partial charge < -0.3 is 10.1 Å². The zero-order valence-electron chi connectivity index (χ0n) is 8.90. The van der Waals surface area contributed by atoms with E-state index in [0.29, 0.717) is 11.2 Å². The van der Waals surface area contributed by atoms with Crippen molar-refractivity contribution in [3.05, 3.63) is 27.7 Å². The lowest BCUT2D eigenvalue weighted by atomic mass is 10.1. The van der Waals surface area contributed by atoms with Crippen molar-refractivity contribution in [2.24, 2.45) is 0 Å². The quantitative estimate of drug-likeness (QED) is 0.737. The van der Waals surface area contributed by atoms with E-state index in [2.05, 4.69) is 10.1 Å². The summed E-state index contributed by atoms with van der Waals surface area (Å²) < 4.78 is 1.35. The largest absolute Gasteiger partial charge is 0.493 e. The number of nitrogens with zero attached hydrogens (tertiary/aromatic N) is 2. The summed E-state index contributed by atoms with van der Waals surface area (Å²) in [4.78, 5) is 14.3. The predicted octanol–water partition coefficient (Wildman–Crippen LogP) is 1.16. The molecular formula is C10H13N3O2. The van der Waals surface area contributed by atoms with Crippen LogP contribution in [0.25, 0.3) is 5.65 Å². The molecule has 2 heterocycles. The van der Waals surface area contributed by atoms with Gasteiger partial charge in [0.05, 0.1) is 11.3 Å². The second kappa shape index (κ2) is 3.12. The molecule has 2 aromatic heterocycles. The summed E-state index contributed by atoms with van der Waals surface area (Å²) in [5.41, 5.74) is 1.38. The van der Waals surface area contributed by atoms with Crippen LogP contribution in [0.1, 0.15) is 31.0 Å². The minimum atomic E-state index is -0.255. The van der Waals surface area contributed by atoms with Crippen molar-refractivity contribution in [3.8, 4) is 5.88 Å². The summed E-state index contributed by atoms with van der Waals surface area (Å²) in [7, 11) is 0. The Morgan fingerprint density at radius 1 is 1.53 bits per heavy atom. The Labute approximate surface area is 86.4 Å². The molecule has 0 aromatic carbocycles. The fourth-order valence-electron chi connectivity index (χ4n) is 1.67. The van der Waals surface area contributed by atoms with Crippen LogP contribution in [0.3, 0.4) is 0 Å². The second-order valence-electron chi connectivity index (χ2n) is 3.93. The lowest BCUT2D eigenvalue weighted by molar-refractivity contribution is 0.422. The summed E-state index contributed by atoms with van der Waals surface area (Å²) >= 11 is 0. The van der Waals surface area contributed by atoms with Gasteiger partial charge in [0, 0.05) is 6.07 Å². The molecule has 15 heavy (non-hydrogen) atoms. The first-order valence-electron chi connectivity index (χ1n) is 4.82. The lowest BCUT2D eigenvalue weighted by Gasteiger charge is -2.07. The number of H-pyrrole nitrogens is 1. The highest BCUT2D eigenvalue weighted by Gasteiger charge is 2.15. The molecule has 2 rings (SSSR count). The minimum Gasteiger partial charge on any atom is -0.493 e. The molecule has 0 spiro atoms. The van der Waals surface area contributed by atoms with E-state index in [4.69, 9.17) is 0 Å². The van der Waals surface area contributed by atoms with Gasteiger partial charge >= 0.3 is 0 Å². The van der Waals surface area contributed by atoms with Gasteiger partial charge in [-0.05, 0) is 12.8 Å². The van der Waals surface area contributed by atoms with Crippen LogP contribution >= 0.6 is 0 Å². The zero-order valence-corrected chi connectivity index (χ0v) is 8.90. The van der Waals surface area contributed by atoms with Crippen LogP contribution in [0.2, 0.25) is 0 Å². The topological polar surface area (TPSA) is 70.4 Å². The molecule has 80 valence electrons. The predicted molar refractivity (Wildman–Crippen MR) is 56.3 cm³/mol. The first-order chi connectivity index (χ1) is 7.00. The van der Waals surface area contributed by atoms with E-state index >= 15 is 0 Å². The number of aromatic nitrogens is 3. The molecule has 0 unspecified atom stereocenters. The molecule has 0 atom stereocenters. The van der Waals surface area contributed by atoms with Gasteiger partial charge in [0.25, 0.3) is 5.56 Å². The molecule has 0 amide bonds. The van der Waals surface area contributed by atoms with Crippen LogP contribution in [0.15, 0.2) is 10.9 Å². The van der Waals surface area contributed by atoms with Gasteiger partial charge in [0.2, 0.25) is 5.88 Å². The maximum absolute atomic E-state index is 11.6. The molecule has 0 aliphatic heterocycles. The van der Waals surface area contributed by atoms with Gasteiger partial charge in [0.15, 0.2) is 0 Å². The van der Waals surface area contributed by atoms with E-state index in [1.165, 1.54) is 4.52 Å². The van der Waals surface area contributed by atoms with Crippen molar-refractivity contribution < 1.29 is 5.11 Å². The molecule has 0 aliphatic rings. The number of aromatic amines is 1. The molecule has 5 nitrogen and oxygen atoms in total. The van der Waals surface area contributed by atoms with E-state index in [1.54, 1.807) is 13.0 Å². The second-order valence-corrected chi connectivity index (χ2v) is 3.93.